The van der Waals surface area contributed by atoms with Crippen LogP contribution < -0.4 is 0 Å². The third kappa shape index (κ3) is 2.67. The van der Waals surface area contributed by atoms with Crippen molar-refractivity contribution >= 4 is 5.78 Å². The summed E-state index contributed by atoms with van der Waals surface area (Å²) >= 11 is 0. The van der Waals surface area contributed by atoms with Crippen molar-refractivity contribution in [1.29, 1.82) is 0 Å². The summed E-state index contributed by atoms with van der Waals surface area (Å²) < 4.78 is 1.69. The van der Waals surface area contributed by atoms with Crippen LogP contribution in [0.4, 0.5) is 0 Å². The number of rotatable bonds is 3. The summed E-state index contributed by atoms with van der Waals surface area (Å²) in [5.74, 6) is 0.816. The fourth-order valence-electron chi connectivity index (χ4n) is 2.32. The van der Waals surface area contributed by atoms with Crippen LogP contribution >= 0.6 is 0 Å². The molecule has 1 aliphatic rings. The van der Waals surface area contributed by atoms with Crippen molar-refractivity contribution in [3.8, 4) is 0 Å². The summed E-state index contributed by atoms with van der Waals surface area (Å²) in [6, 6.07) is 1.81. The van der Waals surface area contributed by atoms with Crippen LogP contribution in [-0.2, 0) is 7.05 Å². The maximum atomic E-state index is 11.9. The zero-order valence-electron chi connectivity index (χ0n) is 9.28. The highest BCUT2D eigenvalue weighted by Gasteiger charge is 2.18. The molecule has 0 aliphatic heterocycles. The summed E-state index contributed by atoms with van der Waals surface area (Å²) in [7, 11) is 1.84. The molecular formula is C12H18N2O. The normalized spacial score (nSPS) is 17.9. The molecule has 3 nitrogen and oxygen atoms in total. The van der Waals surface area contributed by atoms with Crippen molar-refractivity contribution in [3.63, 3.8) is 0 Å². The molecule has 1 fully saturated rings. The predicted octanol–water partition coefficient (Wildman–Crippen LogP) is 2.57. The molecule has 0 unspecified atom stereocenters. The number of Topliss-reactive ketones (excluding diaryl/α,β-unsaturated/α-hetero) is 1. The average molecular weight is 206 g/mol. The molecule has 1 aromatic rings. The zero-order valence-corrected chi connectivity index (χ0v) is 9.28. The third-order valence-corrected chi connectivity index (χ3v) is 3.20. The quantitative estimate of drug-likeness (QED) is 0.712. The van der Waals surface area contributed by atoms with Gasteiger partial charge < -0.3 is 0 Å². The lowest BCUT2D eigenvalue weighted by atomic mass is 9.85. The van der Waals surface area contributed by atoms with Crippen molar-refractivity contribution in [2.75, 3.05) is 0 Å². The van der Waals surface area contributed by atoms with Gasteiger partial charge in [-0.05, 0) is 12.0 Å². The smallest absolute Gasteiger partial charge is 0.183 e. The second kappa shape index (κ2) is 4.60. The van der Waals surface area contributed by atoms with Crippen molar-refractivity contribution in [2.45, 2.75) is 38.5 Å². The van der Waals surface area contributed by atoms with Gasteiger partial charge in [-0.15, -0.1) is 0 Å². The Morgan fingerprint density at radius 3 is 2.80 bits per heavy atom. The highest BCUT2D eigenvalue weighted by molar-refractivity contribution is 5.94. The molecule has 3 heteroatoms. The topological polar surface area (TPSA) is 34.9 Å². The van der Waals surface area contributed by atoms with Crippen LogP contribution in [0, 0.1) is 5.92 Å². The van der Waals surface area contributed by atoms with Crippen LogP contribution in [0.3, 0.4) is 0 Å². The first-order valence-corrected chi connectivity index (χ1v) is 5.78. The molecule has 1 aliphatic carbocycles. The molecule has 1 heterocycles. The molecule has 0 bridgehead atoms. The SMILES string of the molecule is Cn1ccc(C(=O)CC2CCCCC2)n1. The summed E-state index contributed by atoms with van der Waals surface area (Å²) in [4.78, 5) is 11.9. The minimum atomic E-state index is 0.211. The minimum absolute atomic E-state index is 0.211. The average Bonchev–Trinajstić information content (AvgIpc) is 2.66. The summed E-state index contributed by atoms with van der Waals surface area (Å²) in [6.07, 6.45) is 8.89. The molecule has 1 saturated carbocycles. The van der Waals surface area contributed by atoms with E-state index in [1.165, 1.54) is 32.1 Å². The third-order valence-electron chi connectivity index (χ3n) is 3.20. The second-order valence-electron chi connectivity index (χ2n) is 4.51. The lowest BCUT2D eigenvalue weighted by molar-refractivity contribution is 0.0944. The fraction of sp³-hybridized carbons (Fsp3) is 0.667. The summed E-state index contributed by atoms with van der Waals surface area (Å²) in [5, 5.41) is 4.14. The van der Waals surface area contributed by atoms with Gasteiger partial charge in [0.25, 0.3) is 0 Å². The van der Waals surface area contributed by atoms with E-state index in [9.17, 15) is 4.79 Å². The first-order valence-electron chi connectivity index (χ1n) is 5.78. The van der Waals surface area contributed by atoms with Crippen molar-refractivity contribution < 1.29 is 4.79 Å². The van der Waals surface area contributed by atoms with Gasteiger partial charge >= 0.3 is 0 Å². The van der Waals surface area contributed by atoms with Crippen LogP contribution in [0.2, 0.25) is 0 Å². The van der Waals surface area contributed by atoms with Gasteiger partial charge in [-0.1, -0.05) is 32.1 Å². The Kier molecular flexibility index (Phi) is 3.19. The molecule has 0 N–H and O–H groups in total. The van der Waals surface area contributed by atoms with Crippen LogP contribution in [0.25, 0.3) is 0 Å². The number of carbonyl (C=O) groups excluding carboxylic acids is 1. The van der Waals surface area contributed by atoms with E-state index in [0.29, 0.717) is 18.0 Å². The van der Waals surface area contributed by atoms with Gasteiger partial charge in [-0.2, -0.15) is 5.10 Å². The van der Waals surface area contributed by atoms with E-state index in [-0.39, 0.29) is 5.78 Å². The summed E-state index contributed by atoms with van der Waals surface area (Å²) in [6.45, 7) is 0. The van der Waals surface area contributed by atoms with E-state index in [2.05, 4.69) is 5.10 Å². The standard InChI is InChI=1S/C12H18N2O/c1-14-8-7-11(13-14)12(15)9-10-5-3-2-4-6-10/h7-8,10H,2-6,9H2,1H3. The second-order valence-corrected chi connectivity index (χ2v) is 4.51. The molecule has 0 saturated heterocycles. The molecule has 0 amide bonds. The van der Waals surface area contributed by atoms with Crippen molar-refractivity contribution in [3.05, 3.63) is 18.0 Å². The van der Waals surface area contributed by atoms with Gasteiger partial charge in [0.1, 0.15) is 5.69 Å². The van der Waals surface area contributed by atoms with Gasteiger partial charge in [0.2, 0.25) is 0 Å². The van der Waals surface area contributed by atoms with Crippen LogP contribution in [-0.4, -0.2) is 15.6 Å². The van der Waals surface area contributed by atoms with E-state index in [1.807, 2.05) is 19.3 Å². The molecule has 1 aromatic heterocycles. The van der Waals surface area contributed by atoms with E-state index in [1.54, 1.807) is 4.68 Å². The lowest BCUT2D eigenvalue weighted by Gasteiger charge is -2.20. The minimum Gasteiger partial charge on any atom is -0.292 e. The Bertz CT molecular complexity index is 337. The number of nitrogens with zero attached hydrogens (tertiary/aromatic N) is 2. The maximum absolute atomic E-state index is 11.9. The molecule has 15 heavy (non-hydrogen) atoms. The number of aromatic nitrogens is 2. The zero-order chi connectivity index (χ0) is 10.7. The van der Waals surface area contributed by atoms with Gasteiger partial charge in [-0.25, -0.2) is 0 Å². The van der Waals surface area contributed by atoms with Gasteiger partial charge in [0, 0.05) is 19.7 Å². The van der Waals surface area contributed by atoms with Crippen molar-refractivity contribution in [1.82, 2.24) is 9.78 Å². The van der Waals surface area contributed by atoms with Crippen LogP contribution in [0.1, 0.15) is 49.0 Å². The van der Waals surface area contributed by atoms with E-state index >= 15 is 0 Å². The largest absolute Gasteiger partial charge is 0.292 e. The number of aryl methyl sites for hydroxylation is 1. The Morgan fingerprint density at radius 2 is 2.20 bits per heavy atom. The number of ketones is 1. The number of carbonyl (C=O) groups is 1. The fourth-order valence-corrected chi connectivity index (χ4v) is 2.32. The van der Waals surface area contributed by atoms with Gasteiger partial charge in [-0.3, -0.25) is 9.48 Å². The molecule has 0 aromatic carbocycles. The van der Waals surface area contributed by atoms with Gasteiger partial charge in [0.15, 0.2) is 5.78 Å². The van der Waals surface area contributed by atoms with Crippen LogP contribution in [0.5, 0.6) is 0 Å². The van der Waals surface area contributed by atoms with E-state index < -0.39 is 0 Å². The number of hydrogen-bond acceptors (Lipinski definition) is 2. The Labute approximate surface area is 90.5 Å². The molecule has 0 atom stereocenters. The molecule has 0 spiro atoms. The molecule has 82 valence electrons. The van der Waals surface area contributed by atoms with Crippen molar-refractivity contribution in [2.24, 2.45) is 13.0 Å². The highest BCUT2D eigenvalue weighted by atomic mass is 16.1. The van der Waals surface area contributed by atoms with E-state index in [4.69, 9.17) is 0 Å². The Hall–Kier alpha value is -1.12. The van der Waals surface area contributed by atoms with Gasteiger partial charge in [0.05, 0.1) is 0 Å². The number of hydrogen-bond donors (Lipinski definition) is 0. The predicted molar refractivity (Wildman–Crippen MR) is 58.7 cm³/mol. The molecule has 2 rings (SSSR count). The maximum Gasteiger partial charge on any atom is 0.183 e. The monoisotopic (exact) mass is 206 g/mol. The summed E-state index contributed by atoms with van der Waals surface area (Å²) in [5.41, 5.74) is 0.628. The van der Waals surface area contributed by atoms with E-state index in [0.717, 1.165) is 0 Å². The first kappa shape index (κ1) is 10.4. The first-order chi connectivity index (χ1) is 7.25. The highest BCUT2D eigenvalue weighted by Crippen LogP contribution is 2.27. The Balaban J connectivity index is 1.91. The Morgan fingerprint density at radius 1 is 1.47 bits per heavy atom. The lowest BCUT2D eigenvalue weighted by Crippen LogP contribution is -2.12. The molecule has 0 radical (unpaired) electrons. The van der Waals surface area contributed by atoms with Crippen LogP contribution in [0.15, 0.2) is 12.3 Å². The molecular weight excluding hydrogens is 188 g/mol.